The summed E-state index contributed by atoms with van der Waals surface area (Å²) in [6.07, 6.45) is 0.918. The van der Waals surface area contributed by atoms with Crippen LogP contribution in [0, 0.1) is 0 Å². The number of nitrogens with one attached hydrogen (secondary N) is 1. The second kappa shape index (κ2) is 11.1. The first-order valence-electron chi connectivity index (χ1n) is 6.96. The highest BCUT2D eigenvalue weighted by atomic mass is 79.9. The highest BCUT2D eigenvalue weighted by Crippen LogP contribution is 2.22. The van der Waals surface area contributed by atoms with E-state index < -0.39 is 0 Å². The molecule has 0 saturated carbocycles. The van der Waals surface area contributed by atoms with E-state index in [1.807, 2.05) is 12.1 Å². The fourth-order valence-electron chi connectivity index (χ4n) is 1.66. The number of methoxy groups -OCH3 is 1. The number of hydrogen-bond donors (Lipinski definition) is 1. The first kappa shape index (κ1) is 17.4. The molecule has 20 heavy (non-hydrogen) atoms. The van der Waals surface area contributed by atoms with Gasteiger partial charge in [-0.3, -0.25) is 0 Å². The van der Waals surface area contributed by atoms with E-state index >= 15 is 0 Å². The molecule has 0 radical (unpaired) electrons. The Hall–Kier alpha value is -0.620. The van der Waals surface area contributed by atoms with Gasteiger partial charge < -0.3 is 19.5 Å². The minimum atomic E-state index is 0.565. The van der Waals surface area contributed by atoms with Crippen LogP contribution in [-0.2, 0) is 16.0 Å². The predicted octanol–water partition coefficient (Wildman–Crippen LogP) is 2.99. The molecule has 1 aromatic rings. The molecule has 0 aromatic heterocycles. The first-order valence-corrected chi connectivity index (χ1v) is 7.75. The molecule has 0 aliphatic heterocycles. The molecule has 1 rings (SSSR count). The van der Waals surface area contributed by atoms with Crippen molar-refractivity contribution in [3.8, 4) is 5.75 Å². The van der Waals surface area contributed by atoms with Crippen molar-refractivity contribution in [3.05, 3.63) is 28.2 Å². The van der Waals surface area contributed by atoms with Gasteiger partial charge in [0.1, 0.15) is 12.4 Å². The standard InChI is InChI=1S/C15H24BrNO3/c1-3-17-12-13-11-14(5-6-15(13)16)20-10-9-19-8-4-7-18-2/h5-6,11,17H,3-4,7-10,12H2,1-2H3. The largest absolute Gasteiger partial charge is 0.491 e. The number of benzene rings is 1. The van der Waals surface area contributed by atoms with Gasteiger partial charge in [-0.25, -0.2) is 0 Å². The van der Waals surface area contributed by atoms with Crippen LogP contribution in [0.3, 0.4) is 0 Å². The summed E-state index contributed by atoms with van der Waals surface area (Å²) in [6, 6.07) is 6.03. The van der Waals surface area contributed by atoms with Gasteiger partial charge in [0.25, 0.3) is 0 Å². The molecule has 0 atom stereocenters. The molecule has 0 aliphatic carbocycles. The molecule has 0 amide bonds. The maximum Gasteiger partial charge on any atom is 0.119 e. The lowest BCUT2D eigenvalue weighted by Crippen LogP contribution is -2.12. The molecular weight excluding hydrogens is 322 g/mol. The second-order valence-electron chi connectivity index (χ2n) is 4.34. The van der Waals surface area contributed by atoms with Gasteiger partial charge in [-0.15, -0.1) is 0 Å². The lowest BCUT2D eigenvalue weighted by atomic mass is 10.2. The Morgan fingerprint density at radius 3 is 2.75 bits per heavy atom. The maximum absolute atomic E-state index is 5.68. The number of halogens is 1. The summed E-state index contributed by atoms with van der Waals surface area (Å²) in [4.78, 5) is 0. The van der Waals surface area contributed by atoms with E-state index in [1.165, 1.54) is 5.56 Å². The fraction of sp³-hybridized carbons (Fsp3) is 0.600. The van der Waals surface area contributed by atoms with E-state index in [9.17, 15) is 0 Å². The molecule has 5 heteroatoms. The van der Waals surface area contributed by atoms with Crippen LogP contribution >= 0.6 is 15.9 Å². The third-order valence-electron chi connectivity index (χ3n) is 2.72. The van der Waals surface area contributed by atoms with Crippen molar-refractivity contribution in [2.45, 2.75) is 19.9 Å². The molecule has 4 nitrogen and oxygen atoms in total. The molecule has 0 bridgehead atoms. The molecule has 1 N–H and O–H groups in total. The summed E-state index contributed by atoms with van der Waals surface area (Å²) >= 11 is 3.55. The van der Waals surface area contributed by atoms with Crippen LogP contribution in [0.4, 0.5) is 0 Å². The van der Waals surface area contributed by atoms with Gasteiger partial charge in [0.05, 0.1) is 6.61 Å². The Kier molecular flexibility index (Phi) is 9.66. The highest BCUT2D eigenvalue weighted by molar-refractivity contribution is 9.10. The van der Waals surface area contributed by atoms with Crippen molar-refractivity contribution in [1.82, 2.24) is 5.32 Å². The molecular formula is C15H24BrNO3. The van der Waals surface area contributed by atoms with Gasteiger partial charge in [0.2, 0.25) is 0 Å². The van der Waals surface area contributed by atoms with Crippen molar-refractivity contribution < 1.29 is 14.2 Å². The average molecular weight is 346 g/mol. The van der Waals surface area contributed by atoms with E-state index in [0.717, 1.165) is 36.3 Å². The van der Waals surface area contributed by atoms with Crippen molar-refractivity contribution in [3.63, 3.8) is 0 Å². The van der Waals surface area contributed by atoms with Crippen LogP contribution in [0.2, 0.25) is 0 Å². The number of hydrogen-bond acceptors (Lipinski definition) is 4. The lowest BCUT2D eigenvalue weighted by Gasteiger charge is -2.10. The molecule has 0 fully saturated rings. The Bertz CT molecular complexity index is 374. The zero-order valence-electron chi connectivity index (χ0n) is 12.3. The van der Waals surface area contributed by atoms with Crippen LogP contribution in [0.25, 0.3) is 0 Å². The number of ether oxygens (including phenoxy) is 3. The smallest absolute Gasteiger partial charge is 0.119 e. The molecule has 1 aromatic carbocycles. The van der Waals surface area contributed by atoms with Crippen molar-refractivity contribution in [2.24, 2.45) is 0 Å². The third kappa shape index (κ3) is 7.24. The van der Waals surface area contributed by atoms with Crippen LogP contribution < -0.4 is 10.1 Å². The maximum atomic E-state index is 5.68. The zero-order valence-corrected chi connectivity index (χ0v) is 13.9. The zero-order chi connectivity index (χ0) is 14.6. The lowest BCUT2D eigenvalue weighted by molar-refractivity contribution is 0.0806. The molecule has 0 unspecified atom stereocenters. The van der Waals surface area contributed by atoms with E-state index in [2.05, 4.69) is 34.2 Å². The minimum Gasteiger partial charge on any atom is -0.491 e. The predicted molar refractivity (Wildman–Crippen MR) is 84.3 cm³/mol. The van der Waals surface area contributed by atoms with Crippen molar-refractivity contribution >= 4 is 15.9 Å². The molecule has 0 saturated heterocycles. The van der Waals surface area contributed by atoms with Crippen LogP contribution in [-0.4, -0.2) is 40.1 Å². The van der Waals surface area contributed by atoms with Crippen LogP contribution in [0.5, 0.6) is 5.75 Å². The fourth-order valence-corrected chi connectivity index (χ4v) is 2.05. The van der Waals surface area contributed by atoms with E-state index in [0.29, 0.717) is 19.8 Å². The Morgan fingerprint density at radius 2 is 2.00 bits per heavy atom. The Morgan fingerprint density at radius 1 is 1.15 bits per heavy atom. The van der Waals surface area contributed by atoms with E-state index in [4.69, 9.17) is 14.2 Å². The highest BCUT2D eigenvalue weighted by Gasteiger charge is 2.02. The third-order valence-corrected chi connectivity index (χ3v) is 3.49. The minimum absolute atomic E-state index is 0.565. The topological polar surface area (TPSA) is 39.7 Å². The van der Waals surface area contributed by atoms with Gasteiger partial charge >= 0.3 is 0 Å². The summed E-state index contributed by atoms with van der Waals surface area (Å²) in [5, 5.41) is 3.31. The van der Waals surface area contributed by atoms with E-state index in [-0.39, 0.29) is 0 Å². The van der Waals surface area contributed by atoms with E-state index in [1.54, 1.807) is 7.11 Å². The molecule has 0 spiro atoms. The number of rotatable bonds is 11. The summed E-state index contributed by atoms with van der Waals surface area (Å²) in [6.45, 7) is 6.49. The van der Waals surface area contributed by atoms with Gasteiger partial charge in [-0.2, -0.15) is 0 Å². The molecule has 114 valence electrons. The molecule has 0 aliphatic rings. The van der Waals surface area contributed by atoms with Gasteiger partial charge in [-0.05, 0) is 36.7 Å². The van der Waals surface area contributed by atoms with Crippen molar-refractivity contribution in [2.75, 3.05) is 40.1 Å². The summed E-state index contributed by atoms with van der Waals surface area (Å²) in [5.41, 5.74) is 1.20. The normalized spacial score (nSPS) is 10.8. The Balaban J connectivity index is 2.26. The Labute approximate surface area is 129 Å². The average Bonchev–Trinajstić information content (AvgIpc) is 2.46. The monoisotopic (exact) mass is 345 g/mol. The van der Waals surface area contributed by atoms with Gasteiger partial charge in [0.15, 0.2) is 0 Å². The molecule has 0 heterocycles. The second-order valence-corrected chi connectivity index (χ2v) is 5.20. The SMILES string of the molecule is CCNCc1cc(OCCOCCCOC)ccc1Br. The summed E-state index contributed by atoms with van der Waals surface area (Å²) in [7, 11) is 1.70. The van der Waals surface area contributed by atoms with Crippen molar-refractivity contribution in [1.29, 1.82) is 0 Å². The van der Waals surface area contributed by atoms with Gasteiger partial charge in [0, 0.05) is 31.3 Å². The summed E-state index contributed by atoms with van der Waals surface area (Å²) in [5.74, 6) is 0.876. The van der Waals surface area contributed by atoms with Gasteiger partial charge in [-0.1, -0.05) is 22.9 Å². The van der Waals surface area contributed by atoms with Crippen LogP contribution in [0.15, 0.2) is 22.7 Å². The quantitative estimate of drug-likeness (QED) is 0.626. The van der Waals surface area contributed by atoms with Crippen LogP contribution in [0.1, 0.15) is 18.9 Å². The summed E-state index contributed by atoms with van der Waals surface area (Å²) < 4.78 is 17.2. The first-order chi connectivity index (χ1) is 9.77.